The molecule has 0 saturated heterocycles. The normalized spacial score (nSPS) is 10.0. The second-order valence-electron chi connectivity index (χ2n) is 2.26. The van der Waals surface area contributed by atoms with Crippen LogP contribution in [0, 0.1) is 17.1 Å². The van der Waals surface area contributed by atoms with E-state index in [9.17, 15) is 13.2 Å². The maximum atomic E-state index is 13.1. The summed E-state index contributed by atoms with van der Waals surface area (Å²) in [5.41, 5.74) is -0.437. The lowest BCUT2D eigenvalue weighted by molar-refractivity contribution is -0.0522. The first kappa shape index (κ1) is 10.7. The molecule has 1 rings (SSSR count). The minimum Gasteiger partial charge on any atom is -0.432 e. The minimum absolute atomic E-state index is 0.0430. The fourth-order valence-corrected chi connectivity index (χ4v) is 1.04. The second-order valence-corrected chi connectivity index (χ2v) is 2.69. The second kappa shape index (κ2) is 4.20. The molecule has 0 aliphatic carbocycles. The Labute approximate surface area is 82.5 Å². The van der Waals surface area contributed by atoms with E-state index in [0.29, 0.717) is 0 Å². The summed E-state index contributed by atoms with van der Waals surface area (Å²) in [6.07, 6.45) is 0. The maximum absolute atomic E-state index is 13.1. The summed E-state index contributed by atoms with van der Waals surface area (Å²) >= 11 is 5.44. The Kier molecular flexibility index (Phi) is 3.20. The SMILES string of the molecule is N#Cc1cc(Cl)cc(OC(F)F)c1F. The maximum Gasteiger partial charge on any atom is 0.387 e. The molecule has 0 spiro atoms. The highest BCUT2D eigenvalue weighted by molar-refractivity contribution is 6.30. The van der Waals surface area contributed by atoms with Crippen LogP contribution in [0.5, 0.6) is 5.75 Å². The van der Waals surface area contributed by atoms with Crippen molar-refractivity contribution in [3.05, 3.63) is 28.5 Å². The number of nitriles is 1. The van der Waals surface area contributed by atoms with Gasteiger partial charge in [0.1, 0.15) is 6.07 Å². The Bertz CT molecular complexity index is 389. The summed E-state index contributed by atoms with van der Waals surface area (Å²) in [7, 11) is 0. The van der Waals surface area contributed by atoms with Crippen LogP contribution >= 0.6 is 11.6 Å². The van der Waals surface area contributed by atoms with Gasteiger partial charge in [-0.05, 0) is 6.07 Å². The molecule has 2 nitrogen and oxygen atoms in total. The standard InChI is InChI=1S/C8H3ClF3NO/c9-5-1-4(3-13)7(10)6(2-5)14-8(11)12/h1-2,8H. The van der Waals surface area contributed by atoms with Crippen molar-refractivity contribution in [3.63, 3.8) is 0 Å². The van der Waals surface area contributed by atoms with Crippen molar-refractivity contribution in [3.8, 4) is 11.8 Å². The Morgan fingerprint density at radius 2 is 2.07 bits per heavy atom. The van der Waals surface area contributed by atoms with Crippen LogP contribution in [0.25, 0.3) is 0 Å². The zero-order chi connectivity index (χ0) is 10.7. The lowest BCUT2D eigenvalue weighted by Crippen LogP contribution is -2.04. The monoisotopic (exact) mass is 221 g/mol. The van der Waals surface area contributed by atoms with Crippen LogP contribution in [0.15, 0.2) is 12.1 Å². The third kappa shape index (κ3) is 2.30. The van der Waals surface area contributed by atoms with E-state index in [0.717, 1.165) is 12.1 Å². The number of benzene rings is 1. The van der Waals surface area contributed by atoms with E-state index in [4.69, 9.17) is 16.9 Å². The molecule has 0 saturated carbocycles. The van der Waals surface area contributed by atoms with Gasteiger partial charge in [0.15, 0.2) is 11.6 Å². The van der Waals surface area contributed by atoms with Crippen LogP contribution in [-0.2, 0) is 0 Å². The molecule has 0 unspecified atom stereocenters. The van der Waals surface area contributed by atoms with E-state index in [1.165, 1.54) is 6.07 Å². The quantitative estimate of drug-likeness (QED) is 0.769. The third-order valence-electron chi connectivity index (χ3n) is 1.34. The summed E-state index contributed by atoms with van der Waals surface area (Å²) in [6, 6.07) is 3.37. The first-order valence-corrected chi connectivity index (χ1v) is 3.76. The summed E-state index contributed by atoms with van der Waals surface area (Å²) in [5, 5.41) is 8.37. The first-order chi connectivity index (χ1) is 6.54. The highest BCUT2D eigenvalue weighted by Gasteiger charge is 2.14. The molecule has 0 heterocycles. The molecule has 1 aromatic carbocycles. The van der Waals surface area contributed by atoms with E-state index in [-0.39, 0.29) is 5.02 Å². The summed E-state index contributed by atoms with van der Waals surface area (Å²) in [5.74, 6) is -1.87. The van der Waals surface area contributed by atoms with Gasteiger partial charge in [0.05, 0.1) is 5.56 Å². The van der Waals surface area contributed by atoms with Crippen molar-refractivity contribution in [1.29, 1.82) is 5.26 Å². The number of nitrogens with zero attached hydrogens (tertiary/aromatic N) is 1. The predicted molar refractivity (Wildman–Crippen MR) is 42.8 cm³/mol. The van der Waals surface area contributed by atoms with Gasteiger partial charge in [-0.1, -0.05) is 11.6 Å². The van der Waals surface area contributed by atoms with Gasteiger partial charge in [-0.25, -0.2) is 4.39 Å². The summed E-state index contributed by atoms with van der Waals surface area (Å²) < 4.78 is 40.4. The molecule has 0 bridgehead atoms. The molecule has 0 N–H and O–H groups in total. The summed E-state index contributed by atoms with van der Waals surface area (Å²) in [4.78, 5) is 0. The van der Waals surface area contributed by atoms with Crippen LogP contribution in [0.3, 0.4) is 0 Å². The molecule has 0 aliphatic rings. The first-order valence-electron chi connectivity index (χ1n) is 3.38. The van der Waals surface area contributed by atoms with Gasteiger partial charge in [0.25, 0.3) is 0 Å². The van der Waals surface area contributed by atoms with Crippen molar-refractivity contribution < 1.29 is 17.9 Å². The highest BCUT2D eigenvalue weighted by atomic mass is 35.5. The minimum atomic E-state index is -3.16. The highest BCUT2D eigenvalue weighted by Crippen LogP contribution is 2.26. The number of ether oxygens (including phenoxy) is 1. The van der Waals surface area contributed by atoms with Gasteiger partial charge in [-0.3, -0.25) is 0 Å². The molecular weight excluding hydrogens is 219 g/mol. The van der Waals surface area contributed by atoms with Crippen molar-refractivity contribution in [1.82, 2.24) is 0 Å². The van der Waals surface area contributed by atoms with Crippen molar-refractivity contribution in [2.45, 2.75) is 6.61 Å². The molecule has 14 heavy (non-hydrogen) atoms. The van der Waals surface area contributed by atoms with E-state index < -0.39 is 23.7 Å². The summed E-state index contributed by atoms with van der Waals surface area (Å²) in [6.45, 7) is -3.16. The number of rotatable bonds is 2. The molecule has 6 heteroatoms. The molecule has 74 valence electrons. The van der Waals surface area contributed by atoms with Gasteiger partial charge < -0.3 is 4.74 Å². The zero-order valence-electron chi connectivity index (χ0n) is 6.60. The molecule has 0 aliphatic heterocycles. The van der Waals surface area contributed by atoms with Crippen LogP contribution in [-0.4, -0.2) is 6.61 Å². The van der Waals surface area contributed by atoms with Gasteiger partial charge in [-0.15, -0.1) is 0 Å². The Morgan fingerprint density at radius 1 is 1.43 bits per heavy atom. The fourth-order valence-electron chi connectivity index (χ4n) is 0.827. The van der Waals surface area contributed by atoms with E-state index in [1.807, 2.05) is 0 Å². The third-order valence-corrected chi connectivity index (χ3v) is 1.56. The van der Waals surface area contributed by atoms with E-state index >= 15 is 0 Å². The number of hydrogen-bond acceptors (Lipinski definition) is 2. The lowest BCUT2D eigenvalue weighted by atomic mass is 10.2. The van der Waals surface area contributed by atoms with E-state index in [1.54, 1.807) is 0 Å². The van der Waals surface area contributed by atoms with Gasteiger partial charge >= 0.3 is 6.61 Å². The van der Waals surface area contributed by atoms with Crippen LogP contribution in [0.2, 0.25) is 5.02 Å². The average molecular weight is 222 g/mol. The predicted octanol–water partition coefficient (Wildman–Crippen LogP) is 2.95. The lowest BCUT2D eigenvalue weighted by Gasteiger charge is -2.06. The average Bonchev–Trinajstić information content (AvgIpc) is 2.09. The molecule has 0 amide bonds. The number of hydrogen-bond donors (Lipinski definition) is 0. The topological polar surface area (TPSA) is 33.0 Å². The number of halogens is 4. The van der Waals surface area contributed by atoms with Gasteiger partial charge in [0.2, 0.25) is 0 Å². The van der Waals surface area contributed by atoms with Crippen LogP contribution in [0.1, 0.15) is 5.56 Å². The molecule has 0 radical (unpaired) electrons. The fraction of sp³-hybridized carbons (Fsp3) is 0.125. The van der Waals surface area contributed by atoms with Gasteiger partial charge in [-0.2, -0.15) is 14.0 Å². The zero-order valence-corrected chi connectivity index (χ0v) is 7.36. The molecule has 0 atom stereocenters. The molecule has 1 aromatic rings. The van der Waals surface area contributed by atoms with E-state index in [2.05, 4.69) is 4.74 Å². The van der Waals surface area contributed by atoms with Crippen molar-refractivity contribution in [2.24, 2.45) is 0 Å². The Balaban J connectivity index is 3.17. The van der Waals surface area contributed by atoms with Gasteiger partial charge in [0, 0.05) is 11.1 Å². The Morgan fingerprint density at radius 3 is 2.57 bits per heavy atom. The van der Waals surface area contributed by atoms with Crippen molar-refractivity contribution in [2.75, 3.05) is 0 Å². The van der Waals surface area contributed by atoms with Crippen molar-refractivity contribution >= 4 is 11.6 Å². The van der Waals surface area contributed by atoms with Crippen LogP contribution in [0.4, 0.5) is 13.2 Å². The molecule has 0 aromatic heterocycles. The number of alkyl halides is 2. The van der Waals surface area contributed by atoms with Crippen LogP contribution < -0.4 is 4.74 Å². The molecular formula is C8H3ClF3NO. The Hall–Kier alpha value is -1.41. The smallest absolute Gasteiger partial charge is 0.387 e. The molecule has 0 fully saturated rings. The largest absolute Gasteiger partial charge is 0.432 e.